The molecule has 0 aliphatic carbocycles. The normalized spacial score (nSPS) is 14.1. The summed E-state index contributed by atoms with van der Waals surface area (Å²) < 4.78 is 40.1. The third-order valence-corrected chi connectivity index (χ3v) is 1.41. The molecule has 0 bridgehead atoms. The molecule has 0 saturated carbocycles. The summed E-state index contributed by atoms with van der Waals surface area (Å²) in [6.07, 6.45) is -4.55. The maximum absolute atomic E-state index is 11.8. The van der Waals surface area contributed by atoms with E-state index in [0.717, 1.165) is 0 Å². The minimum atomic E-state index is -4.55. The number of amides is 1. The second kappa shape index (κ2) is 5.35. The molecule has 0 aromatic heterocycles. The van der Waals surface area contributed by atoms with Crippen molar-refractivity contribution in [1.82, 2.24) is 5.32 Å². The van der Waals surface area contributed by atoms with Crippen LogP contribution < -0.4 is 11.1 Å². The molecule has 0 heterocycles. The number of halogens is 3. The van der Waals surface area contributed by atoms with Crippen LogP contribution in [0.4, 0.5) is 13.2 Å². The highest BCUT2D eigenvalue weighted by atomic mass is 19.4. The van der Waals surface area contributed by atoms with Crippen LogP contribution in [0.2, 0.25) is 0 Å². The van der Waals surface area contributed by atoms with Crippen LogP contribution >= 0.6 is 0 Å². The van der Waals surface area contributed by atoms with E-state index in [1.54, 1.807) is 20.8 Å². The van der Waals surface area contributed by atoms with E-state index in [1.165, 1.54) is 5.32 Å². The molecule has 1 atom stereocenters. The second-order valence-corrected chi connectivity index (χ2v) is 4.34. The molecule has 17 heavy (non-hydrogen) atoms. The highest BCUT2D eigenvalue weighted by molar-refractivity contribution is 6.01. The lowest BCUT2D eigenvalue weighted by Crippen LogP contribution is -2.50. The van der Waals surface area contributed by atoms with E-state index >= 15 is 0 Å². The number of esters is 1. The smallest absolute Gasteiger partial charge is 0.405 e. The number of nitrogens with one attached hydrogen (secondary N) is 1. The van der Waals surface area contributed by atoms with E-state index in [4.69, 9.17) is 10.5 Å². The number of alkyl halides is 3. The SMILES string of the molecule is CC(C)(C)OC(=O)C(N)C(=O)NCC(F)(F)F. The minimum Gasteiger partial charge on any atom is -0.458 e. The van der Waals surface area contributed by atoms with Gasteiger partial charge >= 0.3 is 12.1 Å². The van der Waals surface area contributed by atoms with Crippen molar-refractivity contribution < 1.29 is 27.5 Å². The van der Waals surface area contributed by atoms with Crippen LogP contribution in [0.15, 0.2) is 0 Å². The zero-order valence-electron chi connectivity index (χ0n) is 9.72. The average molecular weight is 256 g/mol. The van der Waals surface area contributed by atoms with Crippen LogP contribution in [0.3, 0.4) is 0 Å². The summed E-state index contributed by atoms with van der Waals surface area (Å²) >= 11 is 0. The molecule has 0 rings (SSSR count). The monoisotopic (exact) mass is 256 g/mol. The van der Waals surface area contributed by atoms with E-state index in [1.807, 2.05) is 0 Å². The van der Waals surface area contributed by atoms with E-state index in [9.17, 15) is 22.8 Å². The van der Waals surface area contributed by atoms with Crippen molar-refractivity contribution in [3.63, 3.8) is 0 Å². The first kappa shape index (κ1) is 15.7. The Hall–Kier alpha value is -1.31. The molecular weight excluding hydrogens is 241 g/mol. The zero-order chi connectivity index (χ0) is 13.9. The molecule has 8 heteroatoms. The summed E-state index contributed by atoms with van der Waals surface area (Å²) in [6.45, 7) is 3.10. The maximum Gasteiger partial charge on any atom is 0.405 e. The molecule has 3 N–H and O–H groups in total. The van der Waals surface area contributed by atoms with Gasteiger partial charge in [-0.05, 0) is 20.8 Å². The molecule has 0 spiro atoms. The lowest BCUT2D eigenvalue weighted by molar-refractivity contribution is -0.160. The lowest BCUT2D eigenvalue weighted by Gasteiger charge is -2.21. The summed E-state index contributed by atoms with van der Waals surface area (Å²) in [7, 11) is 0. The molecule has 5 nitrogen and oxygen atoms in total. The minimum absolute atomic E-state index is 0.862. The molecule has 0 radical (unpaired) electrons. The number of carbonyl (C=O) groups excluding carboxylic acids is 2. The maximum atomic E-state index is 11.8. The zero-order valence-corrected chi connectivity index (χ0v) is 9.72. The molecular formula is C9H15F3N2O3. The van der Waals surface area contributed by atoms with Gasteiger partial charge in [-0.1, -0.05) is 0 Å². The predicted molar refractivity (Wildman–Crippen MR) is 52.9 cm³/mol. The van der Waals surface area contributed by atoms with Crippen molar-refractivity contribution in [3.05, 3.63) is 0 Å². The first-order valence-corrected chi connectivity index (χ1v) is 4.75. The van der Waals surface area contributed by atoms with Crippen LogP contribution in [-0.2, 0) is 14.3 Å². The van der Waals surface area contributed by atoms with Crippen LogP contribution in [0, 0.1) is 0 Å². The molecule has 0 aliphatic rings. The number of hydrogen-bond acceptors (Lipinski definition) is 4. The predicted octanol–water partition coefficient (Wildman–Crippen LogP) is 0.334. The molecule has 1 amide bonds. The Bertz CT molecular complexity index is 297. The van der Waals surface area contributed by atoms with E-state index < -0.39 is 36.2 Å². The fraction of sp³-hybridized carbons (Fsp3) is 0.778. The Kier molecular flexibility index (Phi) is 4.94. The number of carbonyl (C=O) groups is 2. The quantitative estimate of drug-likeness (QED) is 0.563. The van der Waals surface area contributed by atoms with Crippen molar-refractivity contribution >= 4 is 11.9 Å². The van der Waals surface area contributed by atoms with Crippen molar-refractivity contribution in [2.24, 2.45) is 5.73 Å². The number of rotatable bonds is 3. The van der Waals surface area contributed by atoms with E-state index in [0.29, 0.717) is 0 Å². The summed E-state index contributed by atoms with van der Waals surface area (Å²) in [5.74, 6) is -2.30. The number of ether oxygens (including phenoxy) is 1. The van der Waals surface area contributed by atoms with Crippen molar-refractivity contribution in [3.8, 4) is 0 Å². The topological polar surface area (TPSA) is 81.4 Å². The van der Waals surface area contributed by atoms with Gasteiger partial charge in [-0.3, -0.25) is 4.79 Å². The fourth-order valence-corrected chi connectivity index (χ4v) is 0.770. The van der Waals surface area contributed by atoms with Gasteiger partial charge in [-0.2, -0.15) is 13.2 Å². The van der Waals surface area contributed by atoms with Crippen LogP contribution in [-0.4, -0.2) is 36.2 Å². The molecule has 0 saturated heterocycles. The van der Waals surface area contributed by atoms with Crippen LogP contribution in [0.25, 0.3) is 0 Å². The fourth-order valence-electron chi connectivity index (χ4n) is 0.770. The van der Waals surface area contributed by atoms with Crippen molar-refractivity contribution in [2.75, 3.05) is 6.54 Å². The first-order valence-electron chi connectivity index (χ1n) is 4.75. The Balaban J connectivity index is 4.27. The van der Waals surface area contributed by atoms with Gasteiger partial charge in [0.15, 0.2) is 6.04 Å². The van der Waals surface area contributed by atoms with Gasteiger partial charge < -0.3 is 15.8 Å². The lowest BCUT2D eigenvalue weighted by atomic mass is 10.2. The molecule has 100 valence electrons. The van der Waals surface area contributed by atoms with E-state index in [-0.39, 0.29) is 0 Å². The number of nitrogens with two attached hydrogens (primary N) is 1. The average Bonchev–Trinajstić information content (AvgIpc) is 2.08. The molecule has 0 fully saturated rings. The number of hydrogen-bond donors (Lipinski definition) is 2. The van der Waals surface area contributed by atoms with Gasteiger partial charge in [-0.15, -0.1) is 0 Å². The van der Waals surface area contributed by atoms with Gasteiger partial charge in [-0.25, -0.2) is 4.79 Å². The molecule has 1 unspecified atom stereocenters. The van der Waals surface area contributed by atoms with Gasteiger partial charge in [0.1, 0.15) is 12.1 Å². The third kappa shape index (κ3) is 7.56. The van der Waals surface area contributed by atoms with Crippen molar-refractivity contribution in [2.45, 2.75) is 38.6 Å². The van der Waals surface area contributed by atoms with Gasteiger partial charge in [0.25, 0.3) is 0 Å². The summed E-state index contributed by atoms with van der Waals surface area (Å²) in [4.78, 5) is 22.3. The van der Waals surface area contributed by atoms with Crippen molar-refractivity contribution in [1.29, 1.82) is 0 Å². The second-order valence-electron chi connectivity index (χ2n) is 4.34. The van der Waals surface area contributed by atoms with Gasteiger partial charge in [0.2, 0.25) is 5.91 Å². The Morgan fingerprint density at radius 3 is 2.12 bits per heavy atom. The Morgan fingerprint density at radius 2 is 1.76 bits per heavy atom. The first-order chi connectivity index (χ1) is 7.42. The Morgan fingerprint density at radius 1 is 1.29 bits per heavy atom. The standard InChI is InChI=1S/C9H15F3N2O3/c1-8(2,3)17-7(16)5(13)6(15)14-4-9(10,11)12/h5H,4,13H2,1-3H3,(H,14,15). The van der Waals surface area contributed by atoms with Gasteiger partial charge in [0, 0.05) is 0 Å². The highest BCUT2D eigenvalue weighted by Crippen LogP contribution is 2.12. The van der Waals surface area contributed by atoms with Crippen LogP contribution in [0.1, 0.15) is 20.8 Å². The Labute approximate surface area is 96.5 Å². The summed E-state index contributed by atoms with van der Waals surface area (Å²) in [5.41, 5.74) is 4.28. The van der Waals surface area contributed by atoms with Gasteiger partial charge in [0.05, 0.1) is 0 Å². The third-order valence-electron chi connectivity index (χ3n) is 1.41. The molecule has 0 aromatic rings. The molecule has 0 aliphatic heterocycles. The highest BCUT2D eigenvalue weighted by Gasteiger charge is 2.32. The largest absolute Gasteiger partial charge is 0.458 e. The van der Waals surface area contributed by atoms with Crippen LogP contribution in [0.5, 0.6) is 0 Å². The summed E-state index contributed by atoms with van der Waals surface area (Å²) in [5, 5.41) is 1.50. The summed E-state index contributed by atoms with van der Waals surface area (Å²) in [6, 6.07) is -1.77. The van der Waals surface area contributed by atoms with E-state index in [2.05, 4.69) is 0 Å². The molecule has 0 aromatic carbocycles.